The third-order valence-corrected chi connectivity index (χ3v) is 14.5. The number of aromatic nitrogens is 2. The Morgan fingerprint density at radius 1 is 0.464 bits per heavy atom. The van der Waals surface area contributed by atoms with E-state index in [2.05, 4.69) is 15.3 Å². The molecule has 6 rings (SSSR count). The number of ether oxygens (including phenoxy) is 3. The predicted molar refractivity (Wildman–Crippen MR) is 315 cm³/mol. The number of fused-ring (bicyclic) bond motifs is 2. The summed E-state index contributed by atoms with van der Waals surface area (Å²) in [5.41, 5.74) is 8.46. The van der Waals surface area contributed by atoms with Crippen LogP contribution in [0.25, 0.3) is 21.8 Å². The Bertz CT molecular complexity index is 3210. The summed E-state index contributed by atoms with van der Waals surface area (Å²) in [4.78, 5) is 118. The predicted octanol–water partition coefficient (Wildman–Crippen LogP) is 4.57. The van der Waals surface area contributed by atoms with Gasteiger partial charge in [0.05, 0.1) is 81.6 Å². The van der Waals surface area contributed by atoms with Crippen LogP contribution in [0.4, 0.5) is 0 Å². The first kappa shape index (κ1) is 64.6. The molecule has 2 aromatic heterocycles. The lowest BCUT2D eigenvalue weighted by Gasteiger charge is -2.36. The van der Waals surface area contributed by atoms with Gasteiger partial charge < -0.3 is 64.9 Å². The van der Waals surface area contributed by atoms with Crippen molar-refractivity contribution in [2.75, 3.05) is 87.0 Å². The van der Waals surface area contributed by atoms with E-state index in [4.69, 9.17) is 19.9 Å². The summed E-state index contributed by atoms with van der Waals surface area (Å²) >= 11 is 0. The molecule has 0 unspecified atom stereocenters. The molecule has 0 aliphatic heterocycles. The largest absolute Gasteiger partial charge is 0.506 e. The average Bonchev–Trinajstić information content (AvgIpc) is 3.56. The molecule has 448 valence electrons. The standard InChI is InChI=1S/C62H78N10O12/c1-41(38-82-6)69(55(76)29-64-44(4)46-17-11-9-12-18-46)35-56(77)67(30-50-27-25-48-21-15-23-52(73)61(48)65-50)33-58(79)71(43(3)40-84-8)37-60(81)70(42(2)39-83-7)36-57(78)68(31-51-28-26-49-22-16-24-53(74)62(49)66-51)34-59(80)72(32-54(63)75)45(5)47-19-13-10-14-20-47/h9-28,41-45,64,73-74H,29-40H2,1-8H3,(H2,63,75)/t41-,42-,43-,44-,45-/m0/s1. The normalized spacial score (nSPS) is 13.0. The smallest absolute Gasteiger partial charge is 0.243 e. The van der Waals surface area contributed by atoms with Crippen LogP contribution in [-0.4, -0.2) is 196 Å². The number of carbonyl (C=O) groups is 7. The number of nitrogens with two attached hydrogens (primary N) is 1. The van der Waals surface area contributed by atoms with Gasteiger partial charge in [-0.1, -0.05) is 97.1 Å². The molecule has 7 amide bonds. The molecule has 22 heteroatoms. The molecule has 0 bridgehead atoms. The number of carbonyl (C=O) groups excluding carboxylic acids is 7. The number of primary amides is 1. The first-order valence-electron chi connectivity index (χ1n) is 27.7. The first-order chi connectivity index (χ1) is 40.2. The second-order valence-corrected chi connectivity index (χ2v) is 20.9. The summed E-state index contributed by atoms with van der Waals surface area (Å²) in [7, 11) is 4.34. The third-order valence-electron chi connectivity index (χ3n) is 14.5. The molecule has 5 N–H and O–H groups in total. The monoisotopic (exact) mass is 1150 g/mol. The van der Waals surface area contributed by atoms with Crippen molar-refractivity contribution in [1.29, 1.82) is 0 Å². The molecule has 84 heavy (non-hydrogen) atoms. The van der Waals surface area contributed by atoms with E-state index in [0.29, 0.717) is 27.7 Å². The van der Waals surface area contributed by atoms with Crippen molar-refractivity contribution in [2.45, 2.75) is 77.9 Å². The number of pyridine rings is 2. The zero-order valence-corrected chi connectivity index (χ0v) is 49.1. The fourth-order valence-corrected chi connectivity index (χ4v) is 9.80. The van der Waals surface area contributed by atoms with Gasteiger partial charge in [0.1, 0.15) is 55.3 Å². The molecular formula is C62H78N10O12. The summed E-state index contributed by atoms with van der Waals surface area (Å²) in [6, 6.07) is 32.0. The zero-order chi connectivity index (χ0) is 61.0. The Labute approximate surface area is 490 Å². The number of methoxy groups -OCH3 is 3. The van der Waals surface area contributed by atoms with Crippen molar-refractivity contribution in [3.63, 3.8) is 0 Å². The fourth-order valence-electron chi connectivity index (χ4n) is 9.80. The lowest BCUT2D eigenvalue weighted by molar-refractivity contribution is -0.151. The van der Waals surface area contributed by atoms with Gasteiger partial charge in [-0.15, -0.1) is 0 Å². The number of para-hydroxylation sites is 2. The molecule has 0 saturated heterocycles. The molecule has 4 aromatic carbocycles. The Balaban J connectivity index is 1.32. The highest BCUT2D eigenvalue weighted by Crippen LogP contribution is 2.26. The van der Waals surface area contributed by atoms with Gasteiger partial charge in [-0.3, -0.25) is 33.6 Å². The van der Waals surface area contributed by atoms with Crippen LogP contribution in [0, 0.1) is 0 Å². The maximum atomic E-state index is 15.1. The minimum Gasteiger partial charge on any atom is -0.506 e. The third kappa shape index (κ3) is 17.7. The Morgan fingerprint density at radius 2 is 0.857 bits per heavy atom. The van der Waals surface area contributed by atoms with Crippen molar-refractivity contribution in [1.82, 2.24) is 44.7 Å². The van der Waals surface area contributed by atoms with Gasteiger partial charge in [-0.05, 0) is 70.0 Å². The second-order valence-electron chi connectivity index (χ2n) is 20.9. The second kappa shape index (κ2) is 31.2. The minimum atomic E-state index is -0.796. The lowest BCUT2D eigenvalue weighted by atomic mass is 10.1. The Morgan fingerprint density at radius 3 is 1.29 bits per heavy atom. The summed E-state index contributed by atoms with van der Waals surface area (Å²) in [6.45, 7) is 4.60. The van der Waals surface area contributed by atoms with Crippen molar-refractivity contribution in [3.05, 3.63) is 144 Å². The number of hydrogen-bond acceptors (Lipinski definition) is 15. The molecular weight excluding hydrogens is 1080 g/mol. The molecule has 5 atom stereocenters. The van der Waals surface area contributed by atoms with Gasteiger partial charge in [0.15, 0.2) is 0 Å². The molecule has 6 aromatic rings. The van der Waals surface area contributed by atoms with Crippen LogP contribution in [0.1, 0.15) is 69.2 Å². The number of nitrogens with one attached hydrogen (secondary N) is 1. The molecule has 22 nitrogen and oxygen atoms in total. The van der Waals surface area contributed by atoms with E-state index in [1.165, 1.54) is 62.9 Å². The summed E-state index contributed by atoms with van der Waals surface area (Å²) in [5, 5.41) is 26.0. The maximum Gasteiger partial charge on any atom is 0.243 e. The molecule has 0 saturated carbocycles. The van der Waals surface area contributed by atoms with Crippen LogP contribution in [0.5, 0.6) is 11.5 Å². The molecule has 0 aliphatic carbocycles. The number of nitrogens with zero attached hydrogens (tertiary/aromatic N) is 8. The van der Waals surface area contributed by atoms with E-state index < -0.39 is 105 Å². The van der Waals surface area contributed by atoms with Crippen molar-refractivity contribution in [3.8, 4) is 11.5 Å². The van der Waals surface area contributed by atoms with Crippen LogP contribution in [-0.2, 0) is 60.9 Å². The SMILES string of the molecule is COC[C@H](C)N(CC(=O)N(CC(=O)N(CC(=O)N(CC(=O)N(CC(=O)N(CC(N)=O)[C@@H](C)c1ccccc1)Cc1ccc2cccc(O)c2n1)[C@@H](C)COC)[C@@H](C)COC)Cc1ccc2cccc(O)c2n1)C(=O)CN[C@@H](C)c1ccccc1. The number of benzene rings is 4. The number of amides is 7. The highest BCUT2D eigenvalue weighted by Gasteiger charge is 2.35. The van der Waals surface area contributed by atoms with Crippen molar-refractivity contribution < 1.29 is 58.0 Å². The van der Waals surface area contributed by atoms with Crippen LogP contribution in [0.3, 0.4) is 0 Å². The molecule has 0 fully saturated rings. The van der Waals surface area contributed by atoms with E-state index in [0.717, 1.165) is 5.56 Å². The number of phenols is 2. The number of hydrogen-bond donors (Lipinski definition) is 4. The van der Waals surface area contributed by atoms with Crippen LogP contribution in [0.2, 0.25) is 0 Å². The minimum absolute atomic E-state index is 0.0519. The molecule has 0 aliphatic rings. The Hall–Kier alpha value is -8.57. The van der Waals surface area contributed by atoms with E-state index in [1.54, 1.807) is 100 Å². The van der Waals surface area contributed by atoms with Crippen molar-refractivity contribution >= 4 is 63.2 Å². The Kier molecular flexibility index (Phi) is 24.0. The van der Waals surface area contributed by atoms with E-state index in [1.807, 2.05) is 43.3 Å². The van der Waals surface area contributed by atoms with Gasteiger partial charge >= 0.3 is 0 Å². The topological polar surface area (TPSA) is 271 Å². The highest BCUT2D eigenvalue weighted by atomic mass is 16.5. The maximum absolute atomic E-state index is 15.1. The van der Waals surface area contributed by atoms with Crippen molar-refractivity contribution in [2.24, 2.45) is 5.73 Å². The van der Waals surface area contributed by atoms with Crippen LogP contribution in [0.15, 0.2) is 121 Å². The van der Waals surface area contributed by atoms with Gasteiger partial charge in [0.2, 0.25) is 41.4 Å². The average molecular weight is 1160 g/mol. The molecule has 2 heterocycles. The summed E-state index contributed by atoms with van der Waals surface area (Å²) in [6.07, 6.45) is 0. The van der Waals surface area contributed by atoms with Crippen LogP contribution < -0.4 is 11.1 Å². The summed E-state index contributed by atoms with van der Waals surface area (Å²) < 4.78 is 16.4. The number of rotatable bonds is 31. The van der Waals surface area contributed by atoms with E-state index in [-0.39, 0.29) is 68.0 Å². The quantitative estimate of drug-likeness (QED) is 0.0465. The molecule has 0 radical (unpaired) electrons. The number of aromatic hydroxyl groups is 2. The zero-order valence-electron chi connectivity index (χ0n) is 49.1. The van der Waals surface area contributed by atoms with Gasteiger partial charge in [-0.2, -0.15) is 0 Å². The molecule has 0 spiro atoms. The van der Waals surface area contributed by atoms with Gasteiger partial charge in [0, 0.05) is 38.1 Å². The lowest BCUT2D eigenvalue weighted by Crippen LogP contribution is -2.56. The van der Waals surface area contributed by atoms with Gasteiger partial charge in [-0.25, -0.2) is 9.97 Å². The van der Waals surface area contributed by atoms with E-state index >= 15 is 9.59 Å². The summed E-state index contributed by atoms with van der Waals surface area (Å²) in [5.74, 6) is -4.80. The first-order valence-corrected chi connectivity index (χ1v) is 27.7. The van der Waals surface area contributed by atoms with Crippen LogP contribution >= 0.6 is 0 Å². The van der Waals surface area contributed by atoms with Gasteiger partial charge in [0.25, 0.3) is 0 Å². The fraction of sp³-hybridized carbons (Fsp3) is 0.403. The number of phenolic OH excluding ortho intramolecular Hbond substituents is 2. The highest BCUT2D eigenvalue weighted by molar-refractivity contribution is 5.93. The van der Waals surface area contributed by atoms with E-state index in [9.17, 15) is 34.2 Å².